The lowest BCUT2D eigenvalue weighted by molar-refractivity contribution is 0.612. The van der Waals surface area contributed by atoms with Crippen LogP contribution in [-0.2, 0) is 0 Å². The highest BCUT2D eigenvalue weighted by molar-refractivity contribution is 5.88. The average Bonchev–Trinajstić information content (AvgIpc) is 2.52. The SMILES string of the molecule is [2H]C1C=C(c2ccccc2)C=CN=C1N(C)C. The second-order valence-electron chi connectivity index (χ2n) is 3.85. The first-order valence-corrected chi connectivity index (χ1v) is 5.29. The molecule has 0 aliphatic carbocycles. The van der Waals surface area contributed by atoms with Crippen LogP contribution in [0.5, 0.6) is 0 Å². The Labute approximate surface area is 98.0 Å². The van der Waals surface area contributed by atoms with Crippen LogP contribution in [0.4, 0.5) is 0 Å². The molecule has 0 saturated heterocycles. The molecule has 1 aliphatic rings. The molecule has 16 heavy (non-hydrogen) atoms. The molecule has 1 unspecified atom stereocenters. The van der Waals surface area contributed by atoms with Gasteiger partial charge in [-0.05, 0) is 17.2 Å². The number of hydrogen-bond donors (Lipinski definition) is 0. The largest absolute Gasteiger partial charge is 0.366 e. The zero-order chi connectivity index (χ0) is 12.3. The highest BCUT2D eigenvalue weighted by Gasteiger charge is 2.04. The van der Waals surface area contributed by atoms with E-state index >= 15 is 0 Å². The van der Waals surface area contributed by atoms with Crippen molar-refractivity contribution in [3.63, 3.8) is 0 Å². The van der Waals surface area contributed by atoms with Crippen LogP contribution >= 0.6 is 0 Å². The summed E-state index contributed by atoms with van der Waals surface area (Å²) in [7, 11) is 3.82. The summed E-state index contributed by atoms with van der Waals surface area (Å²) in [5.74, 6) is 0.757. The highest BCUT2D eigenvalue weighted by Crippen LogP contribution is 2.18. The molecule has 1 atom stereocenters. The molecule has 2 heteroatoms. The van der Waals surface area contributed by atoms with Gasteiger partial charge >= 0.3 is 0 Å². The van der Waals surface area contributed by atoms with Crippen molar-refractivity contribution in [3.8, 4) is 0 Å². The van der Waals surface area contributed by atoms with Crippen LogP contribution in [0.15, 0.2) is 53.7 Å². The van der Waals surface area contributed by atoms with Gasteiger partial charge in [0, 0.05) is 28.1 Å². The minimum absolute atomic E-state index is 0.421. The van der Waals surface area contributed by atoms with Crippen molar-refractivity contribution in [1.29, 1.82) is 0 Å². The Balaban J connectivity index is 2.32. The topological polar surface area (TPSA) is 15.6 Å². The fraction of sp³-hybridized carbons (Fsp3) is 0.214. The third-order valence-electron chi connectivity index (χ3n) is 2.44. The third kappa shape index (κ3) is 2.40. The Hall–Kier alpha value is -1.83. The van der Waals surface area contributed by atoms with Gasteiger partial charge in [-0.2, -0.15) is 0 Å². The van der Waals surface area contributed by atoms with Gasteiger partial charge in [-0.1, -0.05) is 36.4 Å². The van der Waals surface area contributed by atoms with Crippen molar-refractivity contribution >= 4 is 11.4 Å². The molecule has 1 aliphatic heterocycles. The summed E-state index contributed by atoms with van der Waals surface area (Å²) >= 11 is 0. The number of benzene rings is 1. The Bertz CT molecular complexity index is 472. The summed E-state index contributed by atoms with van der Waals surface area (Å²) in [5.41, 5.74) is 2.17. The first-order chi connectivity index (χ1) is 8.18. The number of amidine groups is 1. The van der Waals surface area contributed by atoms with E-state index in [1.807, 2.05) is 61.5 Å². The van der Waals surface area contributed by atoms with Crippen molar-refractivity contribution < 1.29 is 1.37 Å². The van der Waals surface area contributed by atoms with Crippen molar-refractivity contribution in [3.05, 3.63) is 54.2 Å². The zero-order valence-corrected chi connectivity index (χ0v) is 9.59. The van der Waals surface area contributed by atoms with E-state index in [1.54, 1.807) is 6.20 Å². The minimum Gasteiger partial charge on any atom is -0.366 e. The molecule has 82 valence electrons. The molecule has 0 fully saturated rings. The monoisotopic (exact) mass is 213 g/mol. The lowest BCUT2D eigenvalue weighted by atomic mass is 10.1. The van der Waals surface area contributed by atoms with Crippen molar-refractivity contribution in [2.75, 3.05) is 14.1 Å². The zero-order valence-electron chi connectivity index (χ0n) is 10.6. The van der Waals surface area contributed by atoms with E-state index in [0.29, 0.717) is 0 Å². The van der Waals surface area contributed by atoms with Crippen LogP contribution in [0.3, 0.4) is 0 Å². The summed E-state index contributed by atoms with van der Waals surface area (Å²) in [5, 5.41) is 0. The summed E-state index contributed by atoms with van der Waals surface area (Å²) in [6.07, 6.45) is 5.23. The van der Waals surface area contributed by atoms with E-state index in [-0.39, 0.29) is 0 Å². The van der Waals surface area contributed by atoms with Crippen LogP contribution < -0.4 is 0 Å². The summed E-state index contributed by atoms with van der Waals surface area (Å²) < 4.78 is 8.09. The smallest absolute Gasteiger partial charge is 0.107 e. The molecule has 0 spiro atoms. The van der Waals surface area contributed by atoms with Crippen LogP contribution in [0.1, 0.15) is 13.3 Å². The summed E-state index contributed by atoms with van der Waals surface area (Å²) in [4.78, 5) is 6.18. The highest BCUT2D eigenvalue weighted by atomic mass is 15.1. The standard InChI is InChI=1S/C14H16N2/c1-16(2)14-9-8-13(10-11-15-14)12-6-4-3-5-7-12/h3-8,10-11H,9H2,1-2H3/i9D. The van der Waals surface area contributed by atoms with Gasteiger partial charge in [-0.25, -0.2) is 4.99 Å². The molecule has 2 nitrogen and oxygen atoms in total. The fourth-order valence-electron chi connectivity index (χ4n) is 1.54. The summed E-state index contributed by atoms with van der Waals surface area (Å²) in [6.45, 7) is 0. The average molecular weight is 213 g/mol. The number of aliphatic imine (C=N–C) groups is 1. The fourth-order valence-corrected chi connectivity index (χ4v) is 1.54. The molecule has 0 amide bonds. The van der Waals surface area contributed by atoms with E-state index in [1.165, 1.54) is 0 Å². The molecule has 1 heterocycles. The third-order valence-corrected chi connectivity index (χ3v) is 2.44. The van der Waals surface area contributed by atoms with Gasteiger partial charge in [0.05, 0.1) is 0 Å². The second-order valence-corrected chi connectivity index (χ2v) is 3.85. The van der Waals surface area contributed by atoms with Crippen molar-refractivity contribution in [1.82, 2.24) is 4.90 Å². The predicted octanol–water partition coefficient (Wildman–Crippen LogP) is 2.95. The van der Waals surface area contributed by atoms with Crippen LogP contribution in [-0.4, -0.2) is 24.8 Å². The lowest BCUT2D eigenvalue weighted by Crippen LogP contribution is -2.20. The summed E-state index contributed by atoms with van der Waals surface area (Å²) in [6, 6.07) is 10.1. The minimum atomic E-state index is -0.421. The molecule has 0 aromatic heterocycles. The van der Waals surface area contributed by atoms with E-state index in [2.05, 4.69) is 4.99 Å². The lowest BCUT2D eigenvalue weighted by Gasteiger charge is -2.12. The first kappa shape index (κ1) is 9.40. The maximum atomic E-state index is 8.09. The molecule has 0 N–H and O–H groups in total. The molecule has 2 rings (SSSR count). The maximum absolute atomic E-state index is 8.09. The van der Waals surface area contributed by atoms with E-state index in [0.717, 1.165) is 17.0 Å². The van der Waals surface area contributed by atoms with Gasteiger partial charge in [0.1, 0.15) is 5.84 Å². The molecule has 1 aromatic rings. The van der Waals surface area contributed by atoms with E-state index in [4.69, 9.17) is 1.37 Å². The Morgan fingerprint density at radius 1 is 1.25 bits per heavy atom. The van der Waals surface area contributed by atoms with Gasteiger partial charge in [0.15, 0.2) is 0 Å². The van der Waals surface area contributed by atoms with Gasteiger partial charge < -0.3 is 4.90 Å². The second kappa shape index (κ2) is 4.79. The van der Waals surface area contributed by atoms with Crippen molar-refractivity contribution in [2.45, 2.75) is 6.40 Å². The Morgan fingerprint density at radius 3 is 2.69 bits per heavy atom. The van der Waals surface area contributed by atoms with Crippen LogP contribution in [0, 0.1) is 0 Å². The number of hydrogen-bond acceptors (Lipinski definition) is 2. The molecule has 0 bridgehead atoms. The van der Waals surface area contributed by atoms with Gasteiger partial charge in [0.25, 0.3) is 0 Å². The predicted molar refractivity (Wildman–Crippen MR) is 69.3 cm³/mol. The van der Waals surface area contributed by atoms with Crippen LogP contribution in [0.2, 0.25) is 0 Å². The maximum Gasteiger partial charge on any atom is 0.107 e. The normalized spacial score (nSPS) is 20.6. The van der Waals surface area contributed by atoms with Gasteiger partial charge in [0.2, 0.25) is 0 Å². The number of rotatable bonds is 1. The molecule has 0 saturated carbocycles. The molecule has 1 aromatic carbocycles. The Kier molecular flexibility index (Phi) is 2.82. The molecule has 0 radical (unpaired) electrons. The number of nitrogens with zero attached hydrogens (tertiary/aromatic N) is 2. The van der Waals surface area contributed by atoms with E-state index < -0.39 is 6.40 Å². The van der Waals surface area contributed by atoms with Crippen molar-refractivity contribution in [2.24, 2.45) is 4.99 Å². The molecular formula is C14H16N2. The number of allylic oxidation sites excluding steroid dienone is 2. The van der Waals surface area contributed by atoms with E-state index in [9.17, 15) is 0 Å². The van der Waals surface area contributed by atoms with Crippen LogP contribution in [0.25, 0.3) is 5.57 Å². The first-order valence-electron chi connectivity index (χ1n) is 5.87. The molecular weight excluding hydrogens is 196 g/mol. The Morgan fingerprint density at radius 2 is 2.00 bits per heavy atom. The quantitative estimate of drug-likeness (QED) is 0.700. The van der Waals surface area contributed by atoms with Gasteiger partial charge in [-0.15, -0.1) is 0 Å². The van der Waals surface area contributed by atoms with Gasteiger partial charge in [-0.3, -0.25) is 0 Å².